The zero-order valence-corrected chi connectivity index (χ0v) is 49.6. The second-order valence-corrected chi connectivity index (χ2v) is 23.2. The number of rotatable bonds is 63. The number of carbonyl (C=O) groups is 2. The van der Waals surface area contributed by atoms with Gasteiger partial charge in [0.1, 0.15) is 0 Å². The molecule has 2 unspecified atom stereocenters. The van der Waals surface area contributed by atoms with Crippen LogP contribution in [0.4, 0.5) is 0 Å². The highest BCUT2D eigenvalue weighted by Gasteiger charge is 2.20. The van der Waals surface area contributed by atoms with Gasteiger partial charge >= 0.3 is 5.97 Å². The molecule has 0 radical (unpaired) electrons. The van der Waals surface area contributed by atoms with Gasteiger partial charge in [-0.2, -0.15) is 0 Å². The molecule has 3 N–H and O–H groups in total. The van der Waals surface area contributed by atoms with E-state index in [1.165, 1.54) is 289 Å². The quantitative estimate of drug-likeness (QED) is 0.0320. The Morgan fingerprint density at radius 2 is 0.644 bits per heavy atom. The third kappa shape index (κ3) is 59.7. The van der Waals surface area contributed by atoms with E-state index in [1.54, 1.807) is 0 Å². The number of ether oxygens (including phenoxy) is 1. The summed E-state index contributed by atoms with van der Waals surface area (Å²) in [5, 5.41) is 23.4. The summed E-state index contributed by atoms with van der Waals surface area (Å²) >= 11 is 0. The van der Waals surface area contributed by atoms with Gasteiger partial charge < -0.3 is 20.3 Å². The van der Waals surface area contributed by atoms with Crippen LogP contribution in [0.15, 0.2) is 12.2 Å². The van der Waals surface area contributed by atoms with Crippen molar-refractivity contribution in [3.63, 3.8) is 0 Å². The van der Waals surface area contributed by atoms with Crippen LogP contribution in [0.5, 0.6) is 0 Å². The summed E-state index contributed by atoms with van der Waals surface area (Å²) in [5.74, 6) is -0.0386. The largest absolute Gasteiger partial charge is 0.466 e. The van der Waals surface area contributed by atoms with Crippen molar-refractivity contribution in [2.45, 2.75) is 392 Å². The third-order valence-electron chi connectivity index (χ3n) is 15.8. The summed E-state index contributed by atoms with van der Waals surface area (Å²) in [6, 6.07) is -0.552. The average Bonchev–Trinajstić information content (AvgIpc) is 3.39. The van der Waals surface area contributed by atoms with E-state index in [9.17, 15) is 19.8 Å². The molecule has 0 aliphatic carbocycles. The van der Waals surface area contributed by atoms with E-state index in [1.807, 2.05) is 0 Å². The van der Waals surface area contributed by atoms with Gasteiger partial charge in [0, 0.05) is 12.8 Å². The molecular formula is C67H131NO5. The maximum Gasteiger partial charge on any atom is 0.305 e. The van der Waals surface area contributed by atoms with E-state index < -0.39 is 12.1 Å². The van der Waals surface area contributed by atoms with E-state index >= 15 is 0 Å². The van der Waals surface area contributed by atoms with Gasteiger partial charge in [0.05, 0.1) is 25.4 Å². The zero-order chi connectivity index (χ0) is 52.9. The standard InChI is InChI=1S/C67H131NO5/c1-3-5-7-9-11-13-15-17-18-19-20-21-22-23-24-25-26-29-32-36-39-43-47-51-55-59-65(70)64(63-69)68-66(71)60-56-52-48-44-40-37-33-30-27-28-31-34-38-42-46-50-54-58-62-73-67(72)61-57-53-49-45-41-35-16-14-12-10-8-6-4-2/h30,33,64-65,69-70H,3-29,31-32,34-63H2,1-2H3,(H,68,71)/b33-30-. The predicted octanol–water partition coefficient (Wildman–Crippen LogP) is 21.2. The minimum absolute atomic E-state index is 0.00575. The van der Waals surface area contributed by atoms with Crippen LogP contribution in [0, 0.1) is 0 Å². The first kappa shape index (κ1) is 71.6. The second-order valence-electron chi connectivity index (χ2n) is 23.2. The van der Waals surface area contributed by atoms with Crippen LogP contribution in [0.25, 0.3) is 0 Å². The fourth-order valence-corrected chi connectivity index (χ4v) is 10.7. The molecular weight excluding hydrogens is 899 g/mol. The first-order valence-electron chi connectivity index (χ1n) is 33.4. The highest BCUT2D eigenvalue weighted by atomic mass is 16.5. The van der Waals surface area contributed by atoms with Gasteiger partial charge in [-0.25, -0.2) is 0 Å². The number of aliphatic hydroxyl groups excluding tert-OH is 2. The third-order valence-corrected chi connectivity index (χ3v) is 15.8. The van der Waals surface area contributed by atoms with Gasteiger partial charge in [-0.3, -0.25) is 9.59 Å². The Labute approximate surface area is 457 Å². The number of amides is 1. The number of esters is 1. The van der Waals surface area contributed by atoms with Crippen molar-refractivity contribution in [2.75, 3.05) is 13.2 Å². The van der Waals surface area contributed by atoms with E-state index in [-0.39, 0.29) is 18.5 Å². The molecule has 0 rings (SSSR count). The Balaban J connectivity index is 3.43. The van der Waals surface area contributed by atoms with E-state index in [2.05, 4.69) is 31.3 Å². The van der Waals surface area contributed by atoms with Crippen molar-refractivity contribution < 1.29 is 24.5 Å². The molecule has 0 aliphatic heterocycles. The lowest BCUT2D eigenvalue weighted by Gasteiger charge is -2.22. The molecule has 2 atom stereocenters. The molecule has 0 fully saturated rings. The fraction of sp³-hybridized carbons (Fsp3) is 0.940. The average molecular weight is 1030 g/mol. The highest BCUT2D eigenvalue weighted by molar-refractivity contribution is 5.76. The molecule has 0 aromatic rings. The minimum atomic E-state index is -0.674. The number of carbonyl (C=O) groups excluding carboxylic acids is 2. The van der Waals surface area contributed by atoms with E-state index in [0.29, 0.717) is 25.9 Å². The highest BCUT2D eigenvalue weighted by Crippen LogP contribution is 2.19. The molecule has 6 nitrogen and oxygen atoms in total. The van der Waals surface area contributed by atoms with Crippen molar-refractivity contribution in [3.8, 4) is 0 Å². The van der Waals surface area contributed by atoms with E-state index in [4.69, 9.17) is 4.74 Å². The molecule has 0 aliphatic rings. The second kappa shape index (κ2) is 63.1. The van der Waals surface area contributed by atoms with Crippen LogP contribution in [0.3, 0.4) is 0 Å². The number of hydrogen-bond acceptors (Lipinski definition) is 5. The Kier molecular flexibility index (Phi) is 61.9. The Hall–Kier alpha value is -1.40. The Morgan fingerprint density at radius 1 is 0.370 bits per heavy atom. The van der Waals surface area contributed by atoms with Gasteiger partial charge in [0.15, 0.2) is 0 Å². The molecule has 0 saturated carbocycles. The van der Waals surface area contributed by atoms with Gasteiger partial charge in [0.2, 0.25) is 5.91 Å². The van der Waals surface area contributed by atoms with Crippen LogP contribution >= 0.6 is 0 Å². The SMILES string of the molecule is CCCCCCCCCCCCCCCCCCCCCCCCCCCC(O)C(CO)NC(=O)CCCCCCC/C=C\CCCCCCCCCCCOC(=O)CCCCCCCCCCCCCCC. The summed E-state index contributed by atoms with van der Waals surface area (Å²) in [4.78, 5) is 24.6. The van der Waals surface area contributed by atoms with Crippen LogP contribution in [0.1, 0.15) is 380 Å². The zero-order valence-electron chi connectivity index (χ0n) is 49.6. The number of nitrogens with one attached hydrogen (secondary N) is 1. The number of aliphatic hydroxyl groups is 2. The summed E-state index contributed by atoms with van der Waals surface area (Å²) in [6.07, 6.45) is 76.7. The van der Waals surface area contributed by atoms with Crippen LogP contribution < -0.4 is 5.32 Å². The maximum absolute atomic E-state index is 12.5. The van der Waals surface area contributed by atoms with Crippen LogP contribution in [-0.2, 0) is 14.3 Å². The molecule has 1 amide bonds. The van der Waals surface area contributed by atoms with Crippen molar-refractivity contribution >= 4 is 11.9 Å². The van der Waals surface area contributed by atoms with Gasteiger partial charge in [-0.15, -0.1) is 0 Å². The Bertz CT molecular complexity index is 1100. The minimum Gasteiger partial charge on any atom is -0.466 e. The molecule has 0 aromatic heterocycles. The molecule has 0 saturated heterocycles. The van der Waals surface area contributed by atoms with Crippen molar-refractivity contribution in [1.82, 2.24) is 5.32 Å². The fourth-order valence-electron chi connectivity index (χ4n) is 10.7. The first-order chi connectivity index (χ1) is 36.0. The van der Waals surface area contributed by atoms with Gasteiger partial charge in [-0.1, -0.05) is 328 Å². The summed E-state index contributed by atoms with van der Waals surface area (Å²) in [6.45, 7) is 4.97. The summed E-state index contributed by atoms with van der Waals surface area (Å²) in [5.41, 5.74) is 0. The van der Waals surface area contributed by atoms with Crippen molar-refractivity contribution in [3.05, 3.63) is 12.2 Å². The summed E-state index contributed by atoms with van der Waals surface area (Å²) in [7, 11) is 0. The number of unbranched alkanes of at least 4 members (excludes halogenated alkanes) is 50. The monoisotopic (exact) mass is 1030 g/mol. The maximum atomic E-state index is 12.5. The lowest BCUT2D eigenvalue weighted by atomic mass is 10.0. The number of allylic oxidation sites excluding steroid dienone is 2. The number of hydrogen-bond donors (Lipinski definition) is 3. The van der Waals surface area contributed by atoms with Gasteiger partial charge in [0.25, 0.3) is 0 Å². The topological polar surface area (TPSA) is 95.9 Å². The van der Waals surface area contributed by atoms with Crippen molar-refractivity contribution in [2.24, 2.45) is 0 Å². The molecule has 0 aromatic carbocycles. The predicted molar refractivity (Wildman–Crippen MR) is 320 cm³/mol. The van der Waals surface area contributed by atoms with Crippen molar-refractivity contribution in [1.29, 1.82) is 0 Å². The molecule has 0 bridgehead atoms. The lowest BCUT2D eigenvalue weighted by molar-refractivity contribution is -0.143. The normalized spacial score (nSPS) is 12.5. The molecule has 6 heteroatoms. The Morgan fingerprint density at radius 3 is 0.973 bits per heavy atom. The molecule has 73 heavy (non-hydrogen) atoms. The first-order valence-corrected chi connectivity index (χ1v) is 33.4. The molecule has 434 valence electrons. The molecule has 0 heterocycles. The van der Waals surface area contributed by atoms with E-state index in [0.717, 1.165) is 57.8 Å². The van der Waals surface area contributed by atoms with Gasteiger partial charge in [-0.05, 0) is 51.4 Å². The van der Waals surface area contributed by atoms with Crippen LogP contribution in [-0.4, -0.2) is 47.4 Å². The molecule has 0 spiro atoms. The smallest absolute Gasteiger partial charge is 0.305 e. The summed E-state index contributed by atoms with van der Waals surface area (Å²) < 4.78 is 5.48. The lowest BCUT2D eigenvalue weighted by Crippen LogP contribution is -2.45. The van der Waals surface area contributed by atoms with Crippen LogP contribution in [0.2, 0.25) is 0 Å².